The quantitative estimate of drug-likeness (QED) is 0.664. The Morgan fingerprint density at radius 3 is 2.92 bits per heavy atom. The Morgan fingerprint density at radius 1 is 1.46 bits per heavy atom. The molecule has 1 heterocycles. The Kier molecular flexibility index (Phi) is 1.79. The van der Waals surface area contributed by atoms with Crippen molar-refractivity contribution in [3.63, 3.8) is 0 Å². The Bertz CT molecular complexity index is 376. The van der Waals surface area contributed by atoms with Crippen molar-refractivity contribution in [3.8, 4) is 0 Å². The van der Waals surface area contributed by atoms with Crippen LogP contribution in [0, 0.1) is 0 Å². The maximum atomic E-state index is 11.5. The molecule has 0 amide bonds. The maximum Gasteiger partial charge on any atom is 0.165 e. The van der Waals surface area contributed by atoms with Gasteiger partial charge in [-0.25, -0.2) is 0 Å². The summed E-state index contributed by atoms with van der Waals surface area (Å²) in [5.41, 5.74) is 2.12. The zero-order valence-electron chi connectivity index (χ0n) is 7.52. The van der Waals surface area contributed by atoms with Gasteiger partial charge in [-0.15, -0.1) is 0 Å². The number of carbonyl (C=O) groups excluding carboxylic acids is 2. The number of rotatable bonds is 1. The highest BCUT2D eigenvalue weighted by molar-refractivity contribution is 6.09. The van der Waals surface area contributed by atoms with E-state index in [9.17, 15) is 9.59 Å². The Hall–Kier alpha value is -1.38. The molecular weight excluding hydrogens is 166 g/mol. The van der Waals surface area contributed by atoms with Gasteiger partial charge in [0.15, 0.2) is 11.6 Å². The highest BCUT2D eigenvalue weighted by Crippen LogP contribution is 2.23. The molecule has 0 fully saturated rings. The maximum absolute atomic E-state index is 11.5. The number of hydrogen-bond donors (Lipinski definition) is 1. The molecule has 1 aliphatic rings. The molecule has 2 rings (SSSR count). The first-order valence-electron chi connectivity index (χ1n) is 4.44. The zero-order chi connectivity index (χ0) is 9.42. The van der Waals surface area contributed by atoms with Crippen LogP contribution in [0.1, 0.15) is 46.2 Å². The number of hydrogen-bond acceptors (Lipinski definition) is 2. The zero-order valence-corrected chi connectivity index (χ0v) is 7.52. The molecule has 0 aliphatic heterocycles. The summed E-state index contributed by atoms with van der Waals surface area (Å²) in [7, 11) is 0. The number of aryl methyl sites for hydroxylation is 1. The smallest absolute Gasteiger partial charge is 0.165 e. The predicted molar refractivity (Wildman–Crippen MR) is 48.1 cm³/mol. The van der Waals surface area contributed by atoms with Crippen molar-refractivity contribution < 1.29 is 9.59 Å². The highest BCUT2D eigenvalue weighted by Gasteiger charge is 2.23. The van der Waals surface area contributed by atoms with E-state index in [2.05, 4.69) is 4.98 Å². The van der Waals surface area contributed by atoms with Gasteiger partial charge in [0.2, 0.25) is 0 Å². The number of fused-ring (bicyclic) bond motifs is 1. The van der Waals surface area contributed by atoms with Crippen molar-refractivity contribution in [2.45, 2.75) is 26.2 Å². The molecule has 0 radical (unpaired) electrons. The Morgan fingerprint density at radius 2 is 2.23 bits per heavy atom. The third-order valence-electron chi connectivity index (χ3n) is 2.45. The molecule has 0 saturated heterocycles. The van der Waals surface area contributed by atoms with E-state index in [-0.39, 0.29) is 11.6 Å². The Balaban J connectivity index is 2.56. The van der Waals surface area contributed by atoms with Crippen LogP contribution in [0.3, 0.4) is 0 Å². The van der Waals surface area contributed by atoms with Crippen molar-refractivity contribution in [1.82, 2.24) is 4.98 Å². The van der Waals surface area contributed by atoms with E-state index < -0.39 is 0 Å². The van der Waals surface area contributed by atoms with Crippen molar-refractivity contribution >= 4 is 11.6 Å². The minimum atomic E-state index is -0.0345. The SMILES string of the molecule is CC(=O)c1c[nH]c2c1C(=O)CCC2. The average molecular weight is 177 g/mol. The lowest BCUT2D eigenvalue weighted by Crippen LogP contribution is -2.12. The normalized spacial score (nSPS) is 15.6. The molecule has 1 aromatic rings. The van der Waals surface area contributed by atoms with Crippen molar-refractivity contribution in [1.29, 1.82) is 0 Å². The molecule has 3 nitrogen and oxygen atoms in total. The van der Waals surface area contributed by atoms with Gasteiger partial charge >= 0.3 is 0 Å². The summed E-state index contributed by atoms with van der Waals surface area (Å²) < 4.78 is 0. The van der Waals surface area contributed by atoms with Gasteiger partial charge in [-0.1, -0.05) is 0 Å². The fourth-order valence-electron chi connectivity index (χ4n) is 1.81. The van der Waals surface area contributed by atoms with E-state index in [0.29, 0.717) is 17.5 Å². The molecule has 0 atom stereocenters. The molecule has 1 N–H and O–H groups in total. The van der Waals surface area contributed by atoms with Crippen LogP contribution in [0.25, 0.3) is 0 Å². The van der Waals surface area contributed by atoms with Crippen LogP contribution >= 0.6 is 0 Å². The van der Waals surface area contributed by atoms with Crippen molar-refractivity contribution in [3.05, 3.63) is 23.0 Å². The molecule has 68 valence electrons. The first-order valence-corrected chi connectivity index (χ1v) is 4.44. The number of Topliss-reactive ketones (excluding diaryl/α,β-unsaturated/α-hetero) is 2. The van der Waals surface area contributed by atoms with Crippen LogP contribution < -0.4 is 0 Å². The topological polar surface area (TPSA) is 49.9 Å². The van der Waals surface area contributed by atoms with Gasteiger partial charge in [0.05, 0.1) is 0 Å². The third-order valence-corrected chi connectivity index (χ3v) is 2.45. The Labute approximate surface area is 76.1 Å². The standard InChI is InChI=1S/C10H11NO2/c1-6(12)7-5-11-8-3-2-4-9(13)10(7)8/h5,11H,2-4H2,1H3. The van der Waals surface area contributed by atoms with Gasteiger partial charge in [0.1, 0.15) is 0 Å². The van der Waals surface area contributed by atoms with E-state index in [0.717, 1.165) is 18.5 Å². The van der Waals surface area contributed by atoms with Gasteiger partial charge in [-0.05, 0) is 19.8 Å². The number of nitrogens with one attached hydrogen (secondary N) is 1. The lowest BCUT2D eigenvalue weighted by molar-refractivity contribution is 0.0954. The molecule has 13 heavy (non-hydrogen) atoms. The lowest BCUT2D eigenvalue weighted by atomic mass is 9.93. The molecule has 0 saturated carbocycles. The van der Waals surface area contributed by atoms with Gasteiger partial charge in [0, 0.05) is 29.4 Å². The van der Waals surface area contributed by atoms with Crippen molar-refractivity contribution in [2.24, 2.45) is 0 Å². The van der Waals surface area contributed by atoms with E-state index in [1.165, 1.54) is 6.92 Å². The second-order valence-corrected chi connectivity index (χ2v) is 3.39. The predicted octanol–water partition coefficient (Wildman–Crippen LogP) is 1.74. The number of ketones is 2. The minimum Gasteiger partial charge on any atom is -0.364 e. The van der Waals surface area contributed by atoms with Crippen LogP contribution in [0.2, 0.25) is 0 Å². The fraction of sp³-hybridized carbons (Fsp3) is 0.400. The number of carbonyl (C=O) groups is 2. The van der Waals surface area contributed by atoms with Crippen LogP contribution in [0.15, 0.2) is 6.20 Å². The van der Waals surface area contributed by atoms with Gasteiger partial charge in [0.25, 0.3) is 0 Å². The second kappa shape index (κ2) is 2.83. The van der Waals surface area contributed by atoms with Gasteiger partial charge in [-0.2, -0.15) is 0 Å². The fourth-order valence-corrected chi connectivity index (χ4v) is 1.81. The van der Waals surface area contributed by atoms with Crippen molar-refractivity contribution in [2.75, 3.05) is 0 Å². The summed E-state index contributed by atoms with van der Waals surface area (Å²) in [4.78, 5) is 25.6. The molecule has 0 unspecified atom stereocenters. The summed E-state index contributed by atoms with van der Waals surface area (Å²) in [6.45, 7) is 1.49. The number of aromatic nitrogens is 1. The highest BCUT2D eigenvalue weighted by atomic mass is 16.1. The summed E-state index contributed by atoms with van der Waals surface area (Å²) in [5.74, 6) is 0.0699. The second-order valence-electron chi connectivity index (χ2n) is 3.39. The third kappa shape index (κ3) is 1.20. The molecule has 3 heteroatoms. The van der Waals surface area contributed by atoms with Crippen LogP contribution in [0.4, 0.5) is 0 Å². The average Bonchev–Trinajstić information content (AvgIpc) is 2.49. The van der Waals surface area contributed by atoms with Gasteiger partial charge < -0.3 is 4.98 Å². The van der Waals surface area contributed by atoms with E-state index >= 15 is 0 Å². The van der Waals surface area contributed by atoms with Crippen LogP contribution in [-0.2, 0) is 6.42 Å². The van der Waals surface area contributed by atoms with Crippen LogP contribution in [-0.4, -0.2) is 16.6 Å². The first-order chi connectivity index (χ1) is 6.20. The van der Waals surface area contributed by atoms with Crippen LogP contribution in [0.5, 0.6) is 0 Å². The monoisotopic (exact) mass is 177 g/mol. The molecular formula is C10H11NO2. The molecule has 1 aliphatic carbocycles. The molecule has 0 aromatic carbocycles. The van der Waals surface area contributed by atoms with E-state index in [1.54, 1.807) is 6.20 Å². The number of H-pyrrole nitrogens is 1. The van der Waals surface area contributed by atoms with E-state index in [1.807, 2.05) is 0 Å². The molecule has 0 spiro atoms. The summed E-state index contributed by atoms with van der Waals surface area (Å²) in [5, 5.41) is 0. The summed E-state index contributed by atoms with van der Waals surface area (Å²) >= 11 is 0. The minimum absolute atomic E-state index is 0.0345. The molecule has 0 bridgehead atoms. The lowest BCUT2D eigenvalue weighted by Gasteiger charge is -2.10. The molecule has 1 aromatic heterocycles. The number of aromatic amines is 1. The summed E-state index contributed by atoms with van der Waals surface area (Å²) in [6.07, 6.45) is 4.00. The van der Waals surface area contributed by atoms with Gasteiger partial charge in [-0.3, -0.25) is 9.59 Å². The van der Waals surface area contributed by atoms with E-state index in [4.69, 9.17) is 0 Å². The summed E-state index contributed by atoms with van der Waals surface area (Å²) in [6, 6.07) is 0. The largest absolute Gasteiger partial charge is 0.364 e. The first kappa shape index (κ1) is 8.23.